The molecule has 0 unspecified atom stereocenters. The number of rotatable bonds is 1. The lowest BCUT2D eigenvalue weighted by Crippen LogP contribution is -2.30. The molecule has 70 valence electrons. The second kappa shape index (κ2) is 4.36. The molecule has 0 saturated carbocycles. The van der Waals surface area contributed by atoms with Gasteiger partial charge in [-0.25, -0.2) is 0 Å². The fraction of sp³-hybridized carbons (Fsp3) is 0.400. The standard InChI is InChI=1S/C10H12ClNS/c11-9-4-2-1-3-8(9)10-7-13-6-5-12-10/h1-4,10,12H,5-7H2/t10-/m0/s1. The van der Waals surface area contributed by atoms with Gasteiger partial charge in [0.25, 0.3) is 0 Å². The molecular formula is C10H12ClNS. The first-order valence-corrected chi connectivity index (χ1v) is 5.97. The van der Waals surface area contributed by atoms with E-state index in [1.165, 1.54) is 11.3 Å². The van der Waals surface area contributed by atoms with Crippen LogP contribution in [0.3, 0.4) is 0 Å². The first kappa shape index (κ1) is 9.38. The monoisotopic (exact) mass is 213 g/mol. The Morgan fingerprint density at radius 2 is 2.23 bits per heavy atom. The highest BCUT2D eigenvalue weighted by Gasteiger charge is 2.16. The van der Waals surface area contributed by atoms with Gasteiger partial charge in [0.15, 0.2) is 0 Å². The minimum atomic E-state index is 0.437. The van der Waals surface area contributed by atoms with Crippen LogP contribution in [0.4, 0.5) is 0 Å². The van der Waals surface area contributed by atoms with Crippen LogP contribution in [0.15, 0.2) is 24.3 Å². The van der Waals surface area contributed by atoms with E-state index < -0.39 is 0 Å². The van der Waals surface area contributed by atoms with Crippen LogP contribution in [-0.4, -0.2) is 18.1 Å². The van der Waals surface area contributed by atoms with Crippen LogP contribution in [0.5, 0.6) is 0 Å². The van der Waals surface area contributed by atoms with Crippen LogP contribution in [0, 0.1) is 0 Å². The molecule has 1 aliphatic heterocycles. The topological polar surface area (TPSA) is 12.0 Å². The van der Waals surface area contributed by atoms with Crippen LogP contribution in [0.1, 0.15) is 11.6 Å². The first-order valence-electron chi connectivity index (χ1n) is 4.43. The van der Waals surface area contributed by atoms with Crippen molar-refractivity contribution in [1.29, 1.82) is 0 Å². The van der Waals surface area contributed by atoms with Gasteiger partial charge in [-0.15, -0.1) is 0 Å². The first-order chi connectivity index (χ1) is 6.38. The smallest absolute Gasteiger partial charge is 0.0454 e. The van der Waals surface area contributed by atoms with Crippen molar-refractivity contribution in [2.45, 2.75) is 6.04 Å². The summed E-state index contributed by atoms with van der Waals surface area (Å²) >= 11 is 8.09. The van der Waals surface area contributed by atoms with Crippen molar-refractivity contribution >= 4 is 23.4 Å². The average molecular weight is 214 g/mol. The van der Waals surface area contributed by atoms with Crippen LogP contribution in [0.25, 0.3) is 0 Å². The second-order valence-corrected chi connectivity index (χ2v) is 4.66. The summed E-state index contributed by atoms with van der Waals surface area (Å²) in [5.41, 5.74) is 1.23. The Labute approximate surface area is 87.9 Å². The zero-order valence-corrected chi connectivity index (χ0v) is 8.87. The van der Waals surface area contributed by atoms with Crippen LogP contribution < -0.4 is 5.32 Å². The molecular weight excluding hydrogens is 202 g/mol. The normalized spacial score (nSPS) is 23.0. The number of thioether (sulfide) groups is 1. The predicted molar refractivity (Wildman–Crippen MR) is 59.5 cm³/mol. The summed E-state index contributed by atoms with van der Waals surface area (Å²) in [5.74, 6) is 2.34. The van der Waals surface area contributed by atoms with E-state index in [2.05, 4.69) is 11.4 Å². The van der Waals surface area contributed by atoms with Gasteiger partial charge in [-0.3, -0.25) is 0 Å². The number of hydrogen-bond acceptors (Lipinski definition) is 2. The minimum absolute atomic E-state index is 0.437. The van der Waals surface area contributed by atoms with E-state index in [1.54, 1.807) is 0 Å². The molecule has 1 heterocycles. The maximum atomic E-state index is 6.11. The zero-order valence-electron chi connectivity index (χ0n) is 7.29. The van der Waals surface area contributed by atoms with Crippen molar-refractivity contribution in [2.24, 2.45) is 0 Å². The average Bonchev–Trinajstić information content (AvgIpc) is 2.20. The molecule has 1 atom stereocenters. The van der Waals surface area contributed by atoms with E-state index in [4.69, 9.17) is 11.6 Å². The molecule has 1 aromatic rings. The summed E-state index contributed by atoms with van der Waals surface area (Å²) in [5, 5.41) is 4.35. The molecule has 1 aliphatic rings. The molecule has 1 N–H and O–H groups in total. The maximum Gasteiger partial charge on any atom is 0.0454 e. The Hall–Kier alpha value is -0.180. The quantitative estimate of drug-likeness (QED) is 0.770. The van der Waals surface area contributed by atoms with E-state index in [1.807, 2.05) is 30.0 Å². The minimum Gasteiger partial charge on any atom is -0.308 e. The van der Waals surface area contributed by atoms with Gasteiger partial charge in [-0.1, -0.05) is 29.8 Å². The Morgan fingerprint density at radius 3 is 2.92 bits per heavy atom. The summed E-state index contributed by atoms with van der Waals surface area (Å²) in [4.78, 5) is 0. The van der Waals surface area contributed by atoms with Crippen LogP contribution >= 0.6 is 23.4 Å². The summed E-state index contributed by atoms with van der Waals surface area (Å²) in [6, 6.07) is 8.51. The molecule has 3 heteroatoms. The summed E-state index contributed by atoms with van der Waals surface area (Å²) in [6.07, 6.45) is 0. The maximum absolute atomic E-state index is 6.11. The van der Waals surface area contributed by atoms with Crippen molar-refractivity contribution in [1.82, 2.24) is 5.32 Å². The van der Waals surface area contributed by atoms with Crippen molar-refractivity contribution < 1.29 is 0 Å². The van der Waals surface area contributed by atoms with Gasteiger partial charge in [0, 0.05) is 29.1 Å². The highest BCUT2D eigenvalue weighted by molar-refractivity contribution is 7.99. The fourth-order valence-corrected chi connectivity index (χ4v) is 2.75. The van der Waals surface area contributed by atoms with Gasteiger partial charge in [0.05, 0.1) is 0 Å². The zero-order chi connectivity index (χ0) is 9.10. The summed E-state index contributed by atoms with van der Waals surface area (Å²) in [7, 11) is 0. The number of benzene rings is 1. The van der Waals surface area contributed by atoms with Gasteiger partial charge < -0.3 is 5.32 Å². The van der Waals surface area contributed by atoms with E-state index in [-0.39, 0.29) is 0 Å². The van der Waals surface area contributed by atoms with Gasteiger partial charge in [-0.05, 0) is 11.6 Å². The van der Waals surface area contributed by atoms with Gasteiger partial charge in [0.1, 0.15) is 0 Å². The highest BCUT2D eigenvalue weighted by Crippen LogP contribution is 2.27. The van der Waals surface area contributed by atoms with Gasteiger partial charge in [0.2, 0.25) is 0 Å². The Morgan fingerprint density at radius 1 is 1.38 bits per heavy atom. The third kappa shape index (κ3) is 2.19. The van der Waals surface area contributed by atoms with Gasteiger partial charge in [-0.2, -0.15) is 11.8 Å². The SMILES string of the molecule is Clc1ccccc1[C@@H]1CSCCN1. The Kier molecular flexibility index (Phi) is 3.14. The molecule has 1 saturated heterocycles. The number of halogens is 1. The third-order valence-corrected chi connectivity index (χ3v) is 3.61. The van der Waals surface area contributed by atoms with E-state index in [0.717, 1.165) is 17.3 Å². The third-order valence-electron chi connectivity index (χ3n) is 2.20. The lowest BCUT2D eigenvalue weighted by atomic mass is 10.1. The number of hydrogen-bond donors (Lipinski definition) is 1. The number of nitrogens with one attached hydrogen (secondary N) is 1. The molecule has 1 fully saturated rings. The molecule has 0 bridgehead atoms. The molecule has 0 spiro atoms. The van der Waals surface area contributed by atoms with Gasteiger partial charge >= 0.3 is 0 Å². The lowest BCUT2D eigenvalue weighted by molar-refractivity contribution is 0.595. The molecule has 0 aromatic heterocycles. The van der Waals surface area contributed by atoms with Crippen molar-refractivity contribution in [3.05, 3.63) is 34.9 Å². The van der Waals surface area contributed by atoms with Crippen molar-refractivity contribution in [3.8, 4) is 0 Å². The Balaban J connectivity index is 2.18. The Bertz CT molecular complexity index is 284. The summed E-state index contributed by atoms with van der Waals surface area (Å²) < 4.78 is 0. The molecule has 1 nitrogen and oxygen atoms in total. The van der Waals surface area contributed by atoms with E-state index in [9.17, 15) is 0 Å². The predicted octanol–water partition coefficient (Wildman–Crippen LogP) is 2.72. The summed E-state index contributed by atoms with van der Waals surface area (Å²) in [6.45, 7) is 1.08. The largest absolute Gasteiger partial charge is 0.308 e. The fourth-order valence-electron chi connectivity index (χ4n) is 1.52. The van der Waals surface area contributed by atoms with Crippen molar-refractivity contribution in [3.63, 3.8) is 0 Å². The van der Waals surface area contributed by atoms with Crippen LogP contribution in [0.2, 0.25) is 5.02 Å². The molecule has 1 aromatic carbocycles. The van der Waals surface area contributed by atoms with E-state index in [0.29, 0.717) is 6.04 Å². The molecule has 2 rings (SSSR count). The highest BCUT2D eigenvalue weighted by atomic mass is 35.5. The second-order valence-electron chi connectivity index (χ2n) is 3.10. The molecule has 0 radical (unpaired) electrons. The molecule has 0 amide bonds. The molecule has 0 aliphatic carbocycles. The van der Waals surface area contributed by atoms with Crippen LogP contribution in [-0.2, 0) is 0 Å². The van der Waals surface area contributed by atoms with Crippen molar-refractivity contribution in [2.75, 3.05) is 18.1 Å². The van der Waals surface area contributed by atoms with E-state index >= 15 is 0 Å². The molecule has 13 heavy (non-hydrogen) atoms. The lowest BCUT2D eigenvalue weighted by Gasteiger charge is -2.24.